The van der Waals surface area contributed by atoms with E-state index in [0.717, 1.165) is 25.0 Å². The Balaban J connectivity index is 1.84. The van der Waals surface area contributed by atoms with Crippen LogP contribution in [0.15, 0.2) is 58.7 Å². The third kappa shape index (κ3) is 2.59. The second-order valence-corrected chi connectivity index (χ2v) is 7.92. The van der Waals surface area contributed by atoms with Crippen LogP contribution in [0.2, 0.25) is 0 Å². The van der Waals surface area contributed by atoms with Gasteiger partial charge in [-0.25, -0.2) is 8.42 Å². The van der Waals surface area contributed by atoms with E-state index in [0.29, 0.717) is 17.8 Å². The van der Waals surface area contributed by atoms with Crippen molar-refractivity contribution in [2.24, 2.45) is 5.92 Å². The number of aromatic nitrogens is 3. The van der Waals surface area contributed by atoms with E-state index in [1.165, 1.54) is 0 Å². The van der Waals surface area contributed by atoms with Gasteiger partial charge >= 0.3 is 0 Å². The highest BCUT2D eigenvalue weighted by Crippen LogP contribution is 2.28. The third-order valence-corrected chi connectivity index (χ3v) is 6.13. The molecule has 3 heterocycles. The zero-order valence-electron chi connectivity index (χ0n) is 13.1. The summed E-state index contributed by atoms with van der Waals surface area (Å²) >= 11 is 0. The smallest absolute Gasteiger partial charge is 0.226 e. The van der Waals surface area contributed by atoms with Crippen LogP contribution in [0.5, 0.6) is 0 Å². The summed E-state index contributed by atoms with van der Waals surface area (Å²) in [6.07, 6.45) is 4.37. The van der Waals surface area contributed by atoms with Crippen LogP contribution >= 0.6 is 0 Å². The van der Waals surface area contributed by atoms with Crippen LogP contribution < -0.4 is 5.32 Å². The molecule has 1 fully saturated rings. The molecular formula is C17H18N4O2S. The fourth-order valence-corrected chi connectivity index (χ4v) is 4.56. The maximum atomic E-state index is 13.0. The number of fused-ring (bicyclic) bond motifs is 1. The molecule has 1 aliphatic rings. The summed E-state index contributed by atoms with van der Waals surface area (Å²) in [5.74, 6) is 0.459. The van der Waals surface area contributed by atoms with Gasteiger partial charge in [-0.15, -0.1) is 0 Å². The van der Waals surface area contributed by atoms with Gasteiger partial charge < -0.3 is 5.32 Å². The Morgan fingerprint density at radius 2 is 2.04 bits per heavy atom. The third-order valence-electron chi connectivity index (χ3n) is 4.42. The van der Waals surface area contributed by atoms with Crippen LogP contribution in [0.1, 0.15) is 6.42 Å². The van der Waals surface area contributed by atoms with Crippen LogP contribution in [-0.2, 0) is 16.4 Å². The van der Waals surface area contributed by atoms with Gasteiger partial charge in [-0.2, -0.15) is 5.10 Å². The average molecular weight is 342 g/mol. The van der Waals surface area contributed by atoms with E-state index in [2.05, 4.69) is 15.4 Å². The molecule has 0 bridgehead atoms. The van der Waals surface area contributed by atoms with Gasteiger partial charge in [0.25, 0.3) is 0 Å². The molecule has 2 aromatic heterocycles. The van der Waals surface area contributed by atoms with Crippen LogP contribution in [0.3, 0.4) is 0 Å². The number of benzene rings is 1. The Kier molecular flexibility index (Phi) is 3.82. The molecule has 0 aliphatic carbocycles. The number of hydrogen-bond acceptors (Lipinski definition) is 5. The van der Waals surface area contributed by atoms with Crippen LogP contribution in [-0.4, -0.2) is 36.3 Å². The van der Waals surface area contributed by atoms with E-state index < -0.39 is 9.84 Å². The van der Waals surface area contributed by atoms with E-state index >= 15 is 0 Å². The number of rotatable bonds is 4. The van der Waals surface area contributed by atoms with Gasteiger partial charge in [-0.1, -0.05) is 18.2 Å². The zero-order chi connectivity index (χ0) is 16.6. The number of sulfone groups is 1. The summed E-state index contributed by atoms with van der Waals surface area (Å²) in [5.41, 5.74) is 0.763. The monoisotopic (exact) mass is 342 g/mol. The lowest BCUT2D eigenvalue weighted by molar-refractivity contribution is 0.452. The maximum absolute atomic E-state index is 13.0. The van der Waals surface area contributed by atoms with Crippen LogP contribution in [0.25, 0.3) is 10.9 Å². The molecule has 6 nitrogen and oxygen atoms in total. The lowest BCUT2D eigenvalue weighted by atomic mass is 10.1. The zero-order valence-corrected chi connectivity index (χ0v) is 13.9. The Labute approximate surface area is 140 Å². The molecule has 0 unspecified atom stereocenters. The van der Waals surface area contributed by atoms with E-state index in [4.69, 9.17) is 0 Å². The van der Waals surface area contributed by atoms with Crippen molar-refractivity contribution in [2.75, 3.05) is 13.1 Å². The van der Waals surface area contributed by atoms with E-state index in [1.807, 2.05) is 0 Å². The molecule has 1 saturated heterocycles. The highest BCUT2D eigenvalue weighted by molar-refractivity contribution is 7.91. The summed E-state index contributed by atoms with van der Waals surface area (Å²) in [4.78, 5) is 4.41. The minimum Gasteiger partial charge on any atom is -0.316 e. The van der Waals surface area contributed by atoms with E-state index in [-0.39, 0.29) is 9.92 Å². The van der Waals surface area contributed by atoms with Crippen molar-refractivity contribution in [3.05, 3.63) is 48.8 Å². The number of nitrogens with one attached hydrogen (secondary N) is 1. The quantitative estimate of drug-likeness (QED) is 0.783. The Bertz CT molecular complexity index is 961. The van der Waals surface area contributed by atoms with Crippen molar-refractivity contribution in [1.29, 1.82) is 0 Å². The minimum atomic E-state index is -3.65. The summed E-state index contributed by atoms with van der Waals surface area (Å²) in [7, 11) is -3.65. The lowest BCUT2D eigenvalue weighted by Gasteiger charge is -2.08. The molecule has 3 aromatic rings. The maximum Gasteiger partial charge on any atom is 0.226 e. The minimum absolute atomic E-state index is 0.108. The standard InChI is InChI=1S/C17H18N4O2S/c22-24(23,14-4-2-1-3-5-14)17-15-7-9-19-11-16(15)21(20-17)12-13-6-8-18-10-13/h1-5,7,9,11,13,18H,6,8,10,12H2/t13-/m1/s1. The van der Waals surface area contributed by atoms with Gasteiger partial charge in [-0.05, 0) is 43.6 Å². The fourth-order valence-electron chi connectivity index (χ4n) is 3.15. The van der Waals surface area contributed by atoms with Gasteiger partial charge in [-0.3, -0.25) is 9.67 Å². The Morgan fingerprint density at radius 3 is 2.79 bits per heavy atom. The molecule has 0 amide bonds. The topological polar surface area (TPSA) is 76.9 Å². The first-order chi connectivity index (χ1) is 11.7. The molecule has 1 aliphatic heterocycles. The van der Waals surface area contributed by atoms with Gasteiger partial charge in [0.05, 0.1) is 16.6 Å². The van der Waals surface area contributed by atoms with Crippen LogP contribution in [0.4, 0.5) is 0 Å². The Hall–Kier alpha value is -2.25. The Morgan fingerprint density at radius 1 is 1.21 bits per heavy atom. The van der Waals surface area contributed by atoms with Gasteiger partial charge in [0, 0.05) is 18.1 Å². The molecular weight excluding hydrogens is 324 g/mol. The highest BCUT2D eigenvalue weighted by Gasteiger charge is 2.26. The molecule has 1 N–H and O–H groups in total. The first kappa shape index (κ1) is 15.3. The highest BCUT2D eigenvalue weighted by atomic mass is 32.2. The summed E-state index contributed by atoms with van der Waals surface area (Å²) in [6.45, 7) is 2.62. The second-order valence-electron chi connectivity index (χ2n) is 6.06. The molecule has 1 aromatic carbocycles. The van der Waals surface area contributed by atoms with Gasteiger partial charge in [0.15, 0.2) is 5.03 Å². The summed E-state index contributed by atoms with van der Waals surface area (Å²) in [6, 6.07) is 10.2. The van der Waals surface area contributed by atoms with Crippen molar-refractivity contribution in [1.82, 2.24) is 20.1 Å². The van der Waals surface area contributed by atoms with E-state index in [9.17, 15) is 8.42 Å². The van der Waals surface area contributed by atoms with Crippen molar-refractivity contribution >= 4 is 20.7 Å². The normalized spacial score (nSPS) is 18.2. The molecule has 24 heavy (non-hydrogen) atoms. The van der Waals surface area contributed by atoms with Crippen molar-refractivity contribution in [3.63, 3.8) is 0 Å². The number of nitrogens with zero attached hydrogens (tertiary/aromatic N) is 3. The second kappa shape index (κ2) is 5.99. The van der Waals surface area contributed by atoms with Crippen LogP contribution in [0, 0.1) is 5.92 Å². The van der Waals surface area contributed by atoms with E-state index in [1.54, 1.807) is 53.5 Å². The van der Waals surface area contributed by atoms with Gasteiger partial charge in [0.1, 0.15) is 0 Å². The van der Waals surface area contributed by atoms with Crippen molar-refractivity contribution < 1.29 is 8.42 Å². The first-order valence-corrected chi connectivity index (χ1v) is 9.46. The molecule has 0 radical (unpaired) electrons. The first-order valence-electron chi connectivity index (χ1n) is 7.97. The molecule has 0 spiro atoms. The van der Waals surface area contributed by atoms with Gasteiger partial charge in [0.2, 0.25) is 9.84 Å². The molecule has 4 rings (SSSR count). The summed E-state index contributed by atoms with van der Waals surface area (Å²) in [5, 5.41) is 8.52. The largest absolute Gasteiger partial charge is 0.316 e. The fraction of sp³-hybridized carbons (Fsp3) is 0.294. The molecule has 124 valence electrons. The lowest BCUT2D eigenvalue weighted by Crippen LogP contribution is -2.15. The predicted molar refractivity (Wildman–Crippen MR) is 90.4 cm³/mol. The van der Waals surface area contributed by atoms with Crippen molar-refractivity contribution in [3.8, 4) is 0 Å². The number of pyridine rings is 1. The predicted octanol–water partition coefficient (Wildman–Crippen LogP) is 1.87. The average Bonchev–Trinajstić information content (AvgIpc) is 3.25. The summed E-state index contributed by atoms with van der Waals surface area (Å²) < 4.78 is 27.8. The molecule has 0 saturated carbocycles. The molecule has 1 atom stereocenters. The van der Waals surface area contributed by atoms with Crippen molar-refractivity contribution in [2.45, 2.75) is 22.9 Å². The molecule has 7 heteroatoms. The number of hydrogen-bond donors (Lipinski definition) is 1. The SMILES string of the molecule is O=S(=O)(c1ccccc1)c1nn(C[C@@H]2CCNC2)c2cnccc12.